The summed E-state index contributed by atoms with van der Waals surface area (Å²) < 4.78 is 3.29. The van der Waals surface area contributed by atoms with Crippen molar-refractivity contribution in [3.8, 4) is 5.69 Å². The number of rotatable bonds is 5. The molecule has 2 heterocycles. The van der Waals surface area contributed by atoms with E-state index in [9.17, 15) is 4.79 Å². The molecule has 2 aromatic heterocycles. The fourth-order valence-electron chi connectivity index (χ4n) is 4.63. The van der Waals surface area contributed by atoms with Crippen LogP contribution in [-0.2, 0) is 12.8 Å². The molecule has 4 aromatic rings. The van der Waals surface area contributed by atoms with Crippen molar-refractivity contribution < 1.29 is 4.79 Å². The first kappa shape index (κ1) is 22.8. The molecule has 0 unspecified atom stereocenters. The van der Waals surface area contributed by atoms with Gasteiger partial charge in [-0.1, -0.05) is 34.1 Å². The third-order valence-electron chi connectivity index (χ3n) is 6.29. The largest absolute Gasteiger partial charge is 0.322 e. The lowest BCUT2D eigenvalue weighted by atomic mass is 9.95. The smallest absolute Gasteiger partial charge is 0.259 e. The van der Waals surface area contributed by atoms with Gasteiger partial charge in [0.15, 0.2) is 0 Å². The number of hydrogen-bond acceptors (Lipinski definition) is 3. The Morgan fingerprint density at radius 3 is 2.56 bits per heavy atom. The van der Waals surface area contributed by atoms with E-state index in [0.29, 0.717) is 0 Å². The normalized spacial score (nSPS) is 13.3. The van der Waals surface area contributed by atoms with Crippen molar-refractivity contribution in [1.82, 2.24) is 4.57 Å². The number of nitrogens with one attached hydrogen (secondary N) is 1. The van der Waals surface area contributed by atoms with Crippen molar-refractivity contribution in [3.05, 3.63) is 98.1 Å². The van der Waals surface area contributed by atoms with Crippen LogP contribution in [0.2, 0.25) is 0 Å². The van der Waals surface area contributed by atoms with Crippen LogP contribution in [0.15, 0.2) is 70.1 Å². The molecule has 0 aliphatic heterocycles. The summed E-state index contributed by atoms with van der Waals surface area (Å²) in [5, 5.41) is 3.87. The molecule has 0 atom stereocenters. The molecule has 1 aliphatic rings. The minimum absolute atomic E-state index is 0.0712. The predicted octanol–water partition coefficient (Wildman–Crippen LogP) is 7.80. The Labute approximate surface area is 212 Å². The Morgan fingerprint density at radius 1 is 1.06 bits per heavy atom. The van der Waals surface area contributed by atoms with Crippen LogP contribution in [-0.4, -0.2) is 16.7 Å². The maximum Gasteiger partial charge on any atom is 0.259 e. The average Bonchev–Trinajstić information content (AvgIpc) is 3.35. The molecule has 2 aromatic carbocycles. The van der Waals surface area contributed by atoms with Crippen LogP contribution in [0.5, 0.6) is 0 Å². The first-order valence-corrected chi connectivity index (χ1v) is 13.1. The Balaban J connectivity index is 1.50. The number of thiophene rings is 1. The van der Waals surface area contributed by atoms with E-state index in [4.69, 9.17) is 4.99 Å². The molecule has 0 saturated carbocycles. The molecule has 0 radical (unpaired) electrons. The first-order valence-electron chi connectivity index (χ1n) is 11.5. The molecule has 1 N–H and O–H groups in total. The highest BCUT2D eigenvalue weighted by atomic mass is 79.9. The van der Waals surface area contributed by atoms with Gasteiger partial charge in [0.25, 0.3) is 5.91 Å². The monoisotopic (exact) mass is 531 g/mol. The predicted molar refractivity (Wildman–Crippen MR) is 146 cm³/mol. The number of halogens is 1. The zero-order chi connectivity index (χ0) is 23.7. The van der Waals surface area contributed by atoms with E-state index < -0.39 is 0 Å². The van der Waals surface area contributed by atoms with Gasteiger partial charge in [-0.3, -0.25) is 4.79 Å². The van der Waals surface area contributed by atoms with Gasteiger partial charge in [-0.25, -0.2) is 4.99 Å². The molecule has 0 spiro atoms. The van der Waals surface area contributed by atoms with Gasteiger partial charge in [-0.2, -0.15) is 0 Å². The molecule has 34 heavy (non-hydrogen) atoms. The SMILES string of the molecule is Cc1cc(C=Nc2sc3c(c2C(=O)Nc2ccccc2)CCCC3)c(C)n1-c1ccc(Br)cc1. The number of anilines is 1. The number of aliphatic imine (C=N–C) groups is 1. The number of amides is 1. The van der Waals surface area contributed by atoms with Crippen molar-refractivity contribution in [2.45, 2.75) is 39.5 Å². The maximum absolute atomic E-state index is 13.3. The third-order valence-corrected chi connectivity index (χ3v) is 8.02. The summed E-state index contributed by atoms with van der Waals surface area (Å²) in [5.41, 5.74) is 7.16. The number of nitrogens with zero attached hydrogens (tertiary/aromatic N) is 2. The Kier molecular flexibility index (Phi) is 6.53. The lowest BCUT2D eigenvalue weighted by molar-refractivity contribution is 0.102. The maximum atomic E-state index is 13.3. The average molecular weight is 533 g/mol. The summed E-state index contributed by atoms with van der Waals surface area (Å²) in [6.45, 7) is 4.22. The second-order valence-electron chi connectivity index (χ2n) is 8.61. The number of carbonyl (C=O) groups is 1. The van der Waals surface area contributed by atoms with Crippen molar-refractivity contribution >= 4 is 50.1 Å². The lowest BCUT2D eigenvalue weighted by Gasteiger charge is -2.12. The van der Waals surface area contributed by atoms with Gasteiger partial charge in [0.2, 0.25) is 0 Å². The zero-order valence-electron chi connectivity index (χ0n) is 19.3. The van der Waals surface area contributed by atoms with Crippen LogP contribution >= 0.6 is 27.3 Å². The summed E-state index contributed by atoms with van der Waals surface area (Å²) in [6.07, 6.45) is 6.17. The minimum atomic E-state index is -0.0712. The van der Waals surface area contributed by atoms with E-state index >= 15 is 0 Å². The molecule has 0 bridgehead atoms. The van der Waals surface area contributed by atoms with Crippen LogP contribution in [0.4, 0.5) is 10.7 Å². The second kappa shape index (κ2) is 9.72. The zero-order valence-corrected chi connectivity index (χ0v) is 21.7. The van der Waals surface area contributed by atoms with Gasteiger partial charge in [0.05, 0.1) is 5.56 Å². The number of hydrogen-bond donors (Lipinski definition) is 1. The van der Waals surface area contributed by atoms with Crippen LogP contribution in [0, 0.1) is 13.8 Å². The van der Waals surface area contributed by atoms with Crippen molar-refractivity contribution in [2.75, 3.05) is 5.32 Å². The molecule has 1 amide bonds. The quantitative estimate of drug-likeness (QED) is 0.262. The molecule has 172 valence electrons. The Morgan fingerprint density at radius 2 is 1.79 bits per heavy atom. The summed E-state index contributed by atoms with van der Waals surface area (Å²) in [6, 6.07) is 20.1. The van der Waals surface area contributed by atoms with Gasteiger partial charge in [0.1, 0.15) is 5.00 Å². The molecular formula is C28H26BrN3OS. The van der Waals surface area contributed by atoms with Gasteiger partial charge < -0.3 is 9.88 Å². The molecule has 5 rings (SSSR count). The highest BCUT2D eigenvalue weighted by Gasteiger charge is 2.25. The lowest BCUT2D eigenvalue weighted by Crippen LogP contribution is -2.14. The molecule has 0 fully saturated rings. The van der Waals surface area contributed by atoms with E-state index in [2.05, 4.69) is 70.0 Å². The van der Waals surface area contributed by atoms with Gasteiger partial charge >= 0.3 is 0 Å². The number of benzene rings is 2. The number of fused-ring (bicyclic) bond motifs is 1. The molecule has 6 heteroatoms. The summed E-state index contributed by atoms with van der Waals surface area (Å²) in [5.74, 6) is -0.0712. The fraction of sp³-hybridized carbons (Fsp3) is 0.214. The molecule has 4 nitrogen and oxygen atoms in total. The van der Waals surface area contributed by atoms with Crippen LogP contribution < -0.4 is 5.32 Å². The first-order chi connectivity index (χ1) is 16.5. The van der Waals surface area contributed by atoms with E-state index in [1.165, 1.54) is 16.9 Å². The highest BCUT2D eigenvalue weighted by Crippen LogP contribution is 2.40. The van der Waals surface area contributed by atoms with E-state index in [-0.39, 0.29) is 5.91 Å². The standard InChI is InChI=1S/C28H26BrN3OS/c1-18-16-20(19(2)32(18)23-14-12-21(29)13-15-23)17-30-28-26(24-10-6-7-11-25(24)34-28)27(33)31-22-8-4-3-5-9-22/h3-5,8-9,12-17H,6-7,10-11H2,1-2H3,(H,31,33). The number of aryl methyl sites for hydroxylation is 2. The number of aromatic nitrogens is 1. The second-order valence-corrected chi connectivity index (χ2v) is 10.6. The van der Waals surface area contributed by atoms with Crippen molar-refractivity contribution in [3.63, 3.8) is 0 Å². The van der Waals surface area contributed by atoms with Gasteiger partial charge in [0, 0.05) is 43.9 Å². The van der Waals surface area contributed by atoms with Crippen molar-refractivity contribution in [1.29, 1.82) is 0 Å². The van der Waals surface area contributed by atoms with Crippen LogP contribution in [0.25, 0.3) is 5.69 Å². The number of para-hydroxylation sites is 1. The summed E-state index contributed by atoms with van der Waals surface area (Å²) >= 11 is 5.18. The summed E-state index contributed by atoms with van der Waals surface area (Å²) in [4.78, 5) is 19.5. The topological polar surface area (TPSA) is 46.4 Å². The van der Waals surface area contributed by atoms with E-state index in [1.807, 2.05) is 36.5 Å². The fourth-order valence-corrected chi connectivity index (χ4v) is 6.12. The molecule has 1 aliphatic carbocycles. The molecular weight excluding hydrogens is 506 g/mol. The van der Waals surface area contributed by atoms with Gasteiger partial charge in [-0.05, 0) is 87.6 Å². The van der Waals surface area contributed by atoms with Crippen LogP contribution in [0.3, 0.4) is 0 Å². The van der Waals surface area contributed by atoms with Crippen LogP contribution in [0.1, 0.15) is 50.6 Å². The summed E-state index contributed by atoms with van der Waals surface area (Å²) in [7, 11) is 0. The highest BCUT2D eigenvalue weighted by molar-refractivity contribution is 9.10. The third kappa shape index (κ3) is 4.52. The Hall–Kier alpha value is -2.96. The van der Waals surface area contributed by atoms with Crippen molar-refractivity contribution in [2.24, 2.45) is 4.99 Å². The van der Waals surface area contributed by atoms with E-state index in [1.54, 1.807) is 11.3 Å². The minimum Gasteiger partial charge on any atom is -0.322 e. The van der Waals surface area contributed by atoms with E-state index in [0.717, 1.165) is 62.6 Å². The Bertz CT molecular complexity index is 1370. The van der Waals surface area contributed by atoms with Gasteiger partial charge in [-0.15, -0.1) is 11.3 Å². The molecule has 0 saturated heterocycles. The number of carbonyl (C=O) groups excluding carboxylic acids is 1.